The topological polar surface area (TPSA) is 86.1 Å². The first-order valence-electron chi connectivity index (χ1n) is 18.1. The second kappa shape index (κ2) is 14.7. The second-order valence-corrected chi connectivity index (χ2v) is 14.3. The summed E-state index contributed by atoms with van der Waals surface area (Å²) in [5.41, 5.74) is 5.72. The van der Waals surface area contributed by atoms with E-state index >= 15 is 0 Å². The van der Waals surface area contributed by atoms with Gasteiger partial charge in [0, 0.05) is 43.0 Å². The third-order valence-electron chi connectivity index (χ3n) is 11.0. The molecule has 1 aromatic heterocycles. The highest BCUT2D eigenvalue weighted by Gasteiger charge is 2.34. The first-order valence-corrected chi connectivity index (χ1v) is 18.1. The lowest BCUT2D eigenvalue weighted by Crippen LogP contribution is -2.44. The Morgan fingerprint density at radius 1 is 0.917 bits per heavy atom. The summed E-state index contributed by atoms with van der Waals surface area (Å²) in [4.78, 5) is 31.0. The molecule has 9 heteroatoms. The number of rotatable bonds is 9. The molecule has 0 spiro atoms. The van der Waals surface area contributed by atoms with Crippen LogP contribution in [-0.4, -0.2) is 72.7 Å². The molecule has 0 unspecified atom stereocenters. The summed E-state index contributed by atoms with van der Waals surface area (Å²) in [7, 11) is 1.73. The van der Waals surface area contributed by atoms with Gasteiger partial charge in [0.2, 0.25) is 5.91 Å². The number of aromatic nitrogens is 2. The van der Waals surface area contributed by atoms with Crippen molar-refractivity contribution in [1.82, 2.24) is 14.7 Å². The van der Waals surface area contributed by atoms with Crippen molar-refractivity contribution in [3.8, 4) is 16.9 Å². The highest BCUT2D eigenvalue weighted by atomic mass is 16.6. The number of aryl methyl sites for hydroxylation is 1. The zero-order valence-electron chi connectivity index (χ0n) is 28.5. The molecule has 3 saturated carbocycles. The molecule has 2 aromatic carbocycles. The molecular weight excluding hydrogens is 604 g/mol. The summed E-state index contributed by atoms with van der Waals surface area (Å²) in [5.74, 6) is 2.04. The highest BCUT2D eigenvalue weighted by Crippen LogP contribution is 2.40. The second-order valence-electron chi connectivity index (χ2n) is 14.3. The normalized spacial score (nSPS) is 24.6. The van der Waals surface area contributed by atoms with Gasteiger partial charge in [-0.05, 0) is 118 Å². The predicted octanol–water partition coefficient (Wildman–Crippen LogP) is 7.54. The van der Waals surface area contributed by atoms with Crippen LogP contribution in [0.5, 0.6) is 5.75 Å². The van der Waals surface area contributed by atoms with Crippen molar-refractivity contribution in [2.24, 2.45) is 11.8 Å². The number of hydrogen-bond donors (Lipinski definition) is 0. The number of ether oxygens (including phenoxy) is 3. The molecule has 0 radical (unpaired) electrons. The Balaban J connectivity index is 1.04. The van der Waals surface area contributed by atoms with Crippen molar-refractivity contribution in [2.45, 2.75) is 89.2 Å². The van der Waals surface area contributed by atoms with Gasteiger partial charge in [-0.3, -0.25) is 9.48 Å². The van der Waals surface area contributed by atoms with Gasteiger partial charge in [0.15, 0.2) is 0 Å². The van der Waals surface area contributed by atoms with Crippen molar-refractivity contribution in [1.29, 1.82) is 0 Å². The zero-order valence-corrected chi connectivity index (χ0v) is 28.5. The van der Waals surface area contributed by atoms with Crippen LogP contribution in [0.4, 0.5) is 10.5 Å². The zero-order chi connectivity index (χ0) is 33.0. The van der Waals surface area contributed by atoms with Gasteiger partial charge in [0.25, 0.3) is 0 Å². The van der Waals surface area contributed by atoms with Crippen LogP contribution in [0.2, 0.25) is 0 Å². The van der Waals surface area contributed by atoms with Crippen LogP contribution in [-0.2, 0) is 14.3 Å². The minimum Gasteiger partial charge on any atom is -0.496 e. The Morgan fingerprint density at radius 3 is 2.40 bits per heavy atom. The van der Waals surface area contributed by atoms with Crippen LogP contribution < -0.4 is 9.64 Å². The molecule has 7 rings (SSSR count). The molecule has 48 heavy (non-hydrogen) atoms. The number of carbonyl (C=O) groups excluding carboxylic acids is 2. The fourth-order valence-electron chi connectivity index (χ4n) is 7.91. The summed E-state index contributed by atoms with van der Waals surface area (Å²) < 4.78 is 18.8. The third kappa shape index (κ3) is 7.56. The van der Waals surface area contributed by atoms with Gasteiger partial charge < -0.3 is 24.0 Å². The molecular formula is C39H50N4O5. The minimum absolute atomic E-state index is 0.0803. The largest absolute Gasteiger partial charge is 0.496 e. The average molecular weight is 655 g/mol. The van der Waals surface area contributed by atoms with Gasteiger partial charge in [-0.15, -0.1) is 0 Å². The van der Waals surface area contributed by atoms with E-state index in [9.17, 15) is 9.59 Å². The van der Waals surface area contributed by atoms with Gasteiger partial charge in [-0.1, -0.05) is 24.3 Å². The lowest BCUT2D eigenvalue weighted by atomic mass is 9.78. The number of benzene rings is 2. The first kappa shape index (κ1) is 32.7. The van der Waals surface area contributed by atoms with E-state index in [4.69, 9.17) is 14.2 Å². The molecule has 2 heterocycles. The van der Waals surface area contributed by atoms with E-state index in [1.165, 1.54) is 24.0 Å². The maximum Gasteiger partial charge on any atom is 0.410 e. The molecule has 3 aromatic rings. The van der Waals surface area contributed by atoms with Gasteiger partial charge in [-0.25, -0.2) is 4.79 Å². The lowest BCUT2D eigenvalue weighted by Gasteiger charge is -2.36. The van der Waals surface area contributed by atoms with Crippen LogP contribution in [0.15, 0.2) is 54.9 Å². The van der Waals surface area contributed by atoms with E-state index in [1.807, 2.05) is 6.20 Å². The van der Waals surface area contributed by atoms with E-state index in [0.717, 1.165) is 67.6 Å². The van der Waals surface area contributed by atoms with Gasteiger partial charge in [0.1, 0.15) is 11.9 Å². The van der Waals surface area contributed by atoms with Crippen LogP contribution >= 0.6 is 0 Å². The molecule has 9 nitrogen and oxygen atoms in total. The van der Waals surface area contributed by atoms with E-state index in [-0.39, 0.29) is 24.0 Å². The standard InChI is InChI=1S/C39H50N4O5/c1-27-22-32(12-17-37(27)46-2)29-8-6-28(7-9-29)25-42(35-5-3-4-31(23-35)33-24-40-43(26-33)34-13-14-34)38(44)30-10-15-36(16-11-30)48-39(45)41-18-20-47-21-19-41/h3-5,12,17,22-24,26,28-30,34,36H,6-11,13-16,18-21,25H2,1-2H3. The molecule has 0 N–H and O–H groups in total. The number of hydrogen-bond acceptors (Lipinski definition) is 6. The van der Waals surface area contributed by atoms with Crippen LogP contribution in [0, 0.1) is 18.8 Å². The summed E-state index contributed by atoms with van der Waals surface area (Å²) in [6.45, 7) is 5.10. The molecule has 1 aliphatic heterocycles. The minimum atomic E-state index is -0.253. The van der Waals surface area contributed by atoms with Gasteiger partial charge >= 0.3 is 6.09 Å². The number of morpholine rings is 1. The Hall–Kier alpha value is -3.85. The summed E-state index contributed by atoms with van der Waals surface area (Å²) in [6, 6.07) is 15.6. The fourth-order valence-corrected chi connectivity index (χ4v) is 7.91. The Labute approximate surface area is 284 Å². The predicted molar refractivity (Wildman–Crippen MR) is 185 cm³/mol. The smallest absolute Gasteiger partial charge is 0.410 e. The molecule has 0 bridgehead atoms. The SMILES string of the molecule is COc1ccc(C2CCC(CN(C(=O)C3CCC(OC(=O)N4CCOCC4)CC3)c3cccc(-c4cnn(C5CC5)c4)c3)CC2)cc1C. The molecule has 1 saturated heterocycles. The average Bonchev–Trinajstić information content (AvgIpc) is 3.87. The van der Waals surface area contributed by atoms with Gasteiger partial charge in [0.05, 0.1) is 32.6 Å². The van der Waals surface area contributed by atoms with E-state index in [0.29, 0.717) is 57.0 Å². The summed E-state index contributed by atoms with van der Waals surface area (Å²) in [6.07, 6.45) is 13.4. The third-order valence-corrected chi connectivity index (χ3v) is 11.0. The first-order chi connectivity index (χ1) is 23.4. The molecule has 4 aliphatic rings. The van der Waals surface area contributed by atoms with Crippen molar-refractivity contribution in [2.75, 3.05) is 44.9 Å². The number of anilines is 1. The molecule has 3 aliphatic carbocycles. The van der Waals surface area contributed by atoms with Crippen molar-refractivity contribution in [3.05, 3.63) is 66.0 Å². The maximum absolute atomic E-state index is 14.4. The van der Waals surface area contributed by atoms with Crippen LogP contribution in [0.3, 0.4) is 0 Å². The lowest BCUT2D eigenvalue weighted by molar-refractivity contribution is -0.124. The van der Waals surface area contributed by atoms with E-state index in [1.54, 1.807) is 12.0 Å². The highest BCUT2D eigenvalue weighted by molar-refractivity contribution is 5.95. The molecule has 2 amide bonds. The summed E-state index contributed by atoms with van der Waals surface area (Å²) in [5, 5.41) is 4.62. The monoisotopic (exact) mass is 654 g/mol. The Kier molecular flexibility index (Phi) is 10.0. The number of methoxy groups -OCH3 is 1. The molecule has 256 valence electrons. The van der Waals surface area contributed by atoms with Gasteiger partial charge in [-0.2, -0.15) is 5.10 Å². The van der Waals surface area contributed by atoms with E-state index < -0.39 is 0 Å². The molecule has 4 fully saturated rings. The van der Waals surface area contributed by atoms with Crippen molar-refractivity contribution >= 4 is 17.7 Å². The Morgan fingerprint density at radius 2 is 1.69 bits per heavy atom. The number of carbonyl (C=O) groups is 2. The van der Waals surface area contributed by atoms with E-state index in [2.05, 4.69) is 70.3 Å². The van der Waals surface area contributed by atoms with Crippen molar-refractivity contribution in [3.63, 3.8) is 0 Å². The molecule has 0 atom stereocenters. The quantitative estimate of drug-likeness (QED) is 0.237. The van der Waals surface area contributed by atoms with Crippen LogP contribution in [0.25, 0.3) is 11.1 Å². The van der Waals surface area contributed by atoms with Crippen LogP contribution in [0.1, 0.15) is 87.3 Å². The number of nitrogens with zero attached hydrogens (tertiary/aromatic N) is 4. The number of amides is 2. The Bertz CT molecular complexity index is 1560. The maximum atomic E-state index is 14.4. The van der Waals surface area contributed by atoms with Crippen molar-refractivity contribution < 1.29 is 23.8 Å². The summed E-state index contributed by atoms with van der Waals surface area (Å²) >= 11 is 0. The fraction of sp³-hybridized carbons (Fsp3) is 0.564.